The first kappa shape index (κ1) is 15.4. The van der Waals surface area contributed by atoms with Gasteiger partial charge in [0.25, 0.3) is 0 Å². The van der Waals surface area contributed by atoms with Gasteiger partial charge in [-0.1, -0.05) is 23.8 Å². The lowest BCUT2D eigenvalue weighted by Gasteiger charge is -2.30. The van der Waals surface area contributed by atoms with Gasteiger partial charge < -0.3 is 10.2 Å². The summed E-state index contributed by atoms with van der Waals surface area (Å²) in [5, 5.41) is 3.74. The molecule has 1 aromatic rings. The zero-order valence-electron chi connectivity index (χ0n) is 12.9. The molecule has 1 saturated heterocycles. The number of anilines is 2. The maximum Gasteiger partial charge on any atom is 0.225 e. The average Bonchev–Trinajstić information content (AvgIpc) is 3.01. The number of benzene rings is 1. The number of carbonyl (C=O) groups is 1. The lowest BCUT2D eigenvalue weighted by Crippen LogP contribution is -2.30. The minimum Gasteiger partial charge on any atom is -0.370 e. The maximum atomic E-state index is 12.3. The molecule has 3 rings (SSSR count). The molecule has 0 spiro atoms. The minimum atomic E-state index is 0.0806. The Hall–Kier alpha value is -1.48. The highest BCUT2D eigenvalue weighted by atomic mass is 35.5. The topological polar surface area (TPSA) is 32.3 Å². The molecule has 1 aromatic carbocycles. The van der Waals surface area contributed by atoms with E-state index in [-0.39, 0.29) is 5.91 Å². The fourth-order valence-corrected chi connectivity index (χ4v) is 3.50. The second kappa shape index (κ2) is 7.19. The van der Waals surface area contributed by atoms with Gasteiger partial charge in [-0.25, -0.2) is 0 Å². The van der Waals surface area contributed by atoms with Crippen molar-refractivity contribution in [2.24, 2.45) is 5.92 Å². The van der Waals surface area contributed by atoms with E-state index >= 15 is 0 Å². The van der Waals surface area contributed by atoms with Gasteiger partial charge in [0.15, 0.2) is 0 Å². The van der Waals surface area contributed by atoms with Crippen LogP contribution in [0.3, 0.4) is 0 Å². The maximum absolute atomic E-state index is 12.3. The largest absolute Gasteiger partial charge is 0.370 e. The molecular weight excluding hydrogens is 296 g/mol. The smallest absolute Gasteiger partial charge is 0.225 e. The number of hydrogen-bond donors (Lipinski definition) is 1. The third-order valence-corrected chi connectivity index (χ3v) is 4.72. The summed E-state index contributed by atoms with van der Waals surface area (Å²) in [6.07, 6.45) is 10.8. The number of rotatable bonds is 4. The number of amides is 1. The molecule has 1 N–H and O–H groups in total. The molecule has 1 unspecified atom stereocenters. The van der Waals surface area contributed by atoms with Crippen molar-refractivity contribution in [2.75, 3.05) is 23.3 Å². The summed E-state index contributed by atoms with van der Waals surface area (Å²) in [6.45, 7) is 2.10. The summed E-state index contributed by atoms with van der Waals surface area (Å²) in [7, 11) is 0. The average molecular weight is 319 g/mol. The number of hydrogen-bond acceptors (Lipinski definition) is 2. The molecule has 4 heteroatoms. The van der Waals surface area contributed by atoms with Crippen LogP contribution in [0, 0.1) is 5.92 Å². The summed E-state index contributed by atoms with van der Waals surface area (Å²) in [5.74, 6) is 0.467. The van der Waals surface area contributed by atoms with Gasteiger partial charge in [0.2, 0.25) is 5.91 Å². The minimum absolute atomic E-state index is 0.0806. The lowest BCUT2D eigenvalue weighted by atomic mass is 10.0. The molecule has 1 amide bonds. The van der Waals surface area contributed by atoms with Gasteiger partial charge >= 0.3 is 0 Å². The van der Waals surface area contributed by atoms with Crippen LogP contribution in [0.15, 0.2) is 30.4 Å². The summed E-state index contributed by atoms with van der Waals surface area (Å²) < 4.78 is 0. The number of nitrogens with zero attached hydrogens (tertiary/aromatic N) is 1. The number of nitrogens with one attached hydrogen (secondary N) is 1. The van der Waals surface area contributed by atoms with Crippen molar-refractivity contribution in [1.82, 2.24) is 0 Å². The van der Waals surface area contributed by atoms with E-state index in [2.05, 4.69) is 22.4 Å². The normalized spacial score (nSPS) is 21.1. The van der Waals surface area contributed by atoms with Crippen molar-refractivity contribution in [1.29, 1.82) is 0 Å². The zero-order chi connectivity index (χ0) is 15.4. The van der Waals surface area contributed by atoms with Crippen LogP contribution >= 0.6 is 11.6 Å². The molecule has 1 aliphatic heterocycles. The van der Waals surface area contributed by atoms with Crippen molar-refractivity contribution in [3.63, 3.8) is 0 Å². The van der Waals surface area contributed by atoms with E-state index in [0.717, 1.165) is 37.3 Å². The van der Waals surface area contributed by atoms with Crippen LogP contribution in [0.4, 0.5) is 11.4 Å². The predicted molar refractivity (Wildman–Crippen MR) is 92.6 cm³/mol. The molecule has 3 nitrogen and oxygen atoms in total. The molecule has 0 aromatic heterocycles. The monoisotopic (exact) mass is 318 g/mol. The Kier molecular flexibility index (Phi) is 5.04. The van der Waals surface area contributed by atoms with E-state index in [0.29, 0.717) is 17.4 Å². The first-order valence-corrected chi connectivity index (χ1v) is 8.61. The number of halogens is 1. The fourth-order valence-electron chi connectivity index (χ4n) is 3.32. The van der Waals surface area contributed by atoms with Crippen LogP contribution in [0.5, 0.6) is 0 Å². The highest BCUT2D eigenvalue weighted by Crippen LogP contribution is 2.32. The highest BCUT2D eigenvalue weighted by molar-refractivity contribution is 6.31. The second-order valence-corrected chi connectivity index (χ2v) is 6.66. The van der Waals surface area contributed by atoms with E-state index in [4.69, 9.17) is 11.6 Å². The second-order valence-electron chi connectivity index (χ2n) is 6.23. The SMILES string of the molecule is O=C(CC1C=CCC1)Nc1cc(Cl)ccc1N1CCCCC1. The van der Waals surface area contributed by atoms with Crippen LogP contribution in [0.2, 0.25) is 5.02 Å². The molecule has 118 valence electrons. The van der Waals surface area contributed by atoms with E-state index in [1.807, 2.05) is 18.2 Å². The standard InChI is InChI=1S/C18H23ClN2O/c19-15-8-9-17(21-10-4-1-5-11-21)16(13-15)20-18(22)12-14-6-2-3-7-14/h2,6,8-9,13-14H,1,3-5,7,10-12H2,(H,20,22). The van der Waals surface area contributed by atoms with Crippen LogP contribution in [0.25, 0.3) is 0 Å². The Morgan fingerprint density at radius 3 is 2.82 bits per heavy atom. The summed E-state index contributed by atoms with van der Waals surface area (Å²) in [5.41, 5.74) is 1.95. The van der Waals surface area contributed by atoms with Crippen molar-refractivity contribution in [2.45, 2.75) is 38.5 Å². The van der Waals surface area contributed by atoms with E-state index in [1.165, 1.54) is 19.3 Å². The Morgan fingerprint density at radius 1 is 1.27 bits per heavy atom. The number of piperidine rings is 1. The van der Waals surface area contributed by atoms with Crippen LogP contribution in [-0.2, 0) is 4.79 Å². The number of carbonyl (C=O) groups excluding carboxylic acids is 1. The Balaban J connectivity index is 1.71. The predicted octanol–water partition coefficient (Wildman–Crippen LogP) is 4.63. The van der Waals surface area contributed by atoms with Crippen LogP contribution < -0.4 is 10.2 Å². The number of allylic oxidation sites excluding steroid dienone is 2. The van der Waals surface area contributed by atoms with Gasteiger partial charge in [0.1, 0.15) is 0 Å². The van der Waals surface area contributed by atoms with Gasteiger partial charge in [0, 0.05) is 24.5 Å². The van der Waals surface area contributed by atoms with Crippen molar-refractivity contribution in [3.8, 4) is 0 Å². The van der Waals surface area contributed by atoms with Gasteiger partial charge in [-0.05, 0) is 56.2 Å². The highest BCUT2D eigenvalue weighted by Gasteiger charge is 2.18. The van der Waals surface area contributed by atoms with Crippen molar-refractivity contribution in [3.05, 3.63) is 35.4 Å². The van der Waals surface area contributed by atoms with Gasteiger partial charge in [-0.15, -0.1) is 0 Å². The van der Waals surface area contributed by atoms with E-state index < -0.39 is 0 Å². The fraction of sp³-hybridized carbons (Fsp3) is 0.500. The van der Waals surface area contributed by atoms with Gasteiger partial charge in [-0.3, -0.25) is 4.79 Å². The summed E-state index contributed by atoms with van der Waals surface area (Å²) in [6, 6.07) is 5.80. The molecule has 1 heterocycles. The first-order valence-electron chi connectivity index (χ1n) is 8.23. The van der Waals surface area contributed by atoms with Crippen molar-refractivity contribution < 1.29 is 4.79 Å². The molecular formula is C18H23ClN2O. The van der Waals surface area contributed by atoms with Crippen molar-refractivity contribution >= 4 is 28.9 Å². The third-order valence-electron chi connectivity index (χ3n) is 4.49. The Labute approximate surface area is 137 Å². The summed E-state index contributed by atoms with van der Waals surface area (Å²) in [4.78, 5) is 14.7. The molecule has 0 bridgehead atoms. The lowest BCUT2D eigenvalue weighted by molar-refractivity contribution is -0.116. The molecule has 2 aliphatic rings. The molecule has 22 heavy (non-hydrogen) atoms. The molecule has 1 aliphatic carbocycles. The van der Waals surface area contributed by atoms with Gasteiger partial charge in [0.05, 0.1) is 11.4 Å². The van der Waals surface area contributed by atoms with E-state index in [1.54, 1.807) is 0 Å². The molecule has 0 radical (unpaired) electrons. The molecule has 1 fully saturated rings. The molecule has 0 saturated carbocycles. The third kappa shape index (κ3) is 3.83. The zero-order valence-corrected chi connectivity index (χ0v) is 13.6. The summed E-state index contributed by atoms with van der Waals surface area (Å²) >= 11 is 6.13. The van der Waals surface area contributed by atoms with Crippen LogP contribution in [0.1, 0.15) is 38.5 Å². The Bertz CT molecular complexity index is 564. The molecule has 1 atom stereocenters. The van der Waals surface area contributed by atoms with Crippen LogP contribution in [-0.4, -0.2) is 19.0 Å². The van der Waals surface area contributed by atoms with E-state index in [9.17, 15) is 4.79 Å². The first-order chi connectivity index (χ1) is 10.7. The Morgan fingerprint density at radius 2 is 2.09 bits per heavy atom. The quantitative estimate of drug-likeness (QED) is 0.821. The van der Waals surface area contributed by atoms with Gasteiger partial charge in [-0.2, -0.15) is 0 Å².